The Morgan fingerprint density at radius 2 is 1.96 bits per heavy atom. The average molecular weight is 381 g/mol. The fourth-order valence-corrected chi connectivity index (χ4v) is 4.63. The van der Waals surface area contributed by atoms with Crippen LogP contribution in [0.4, 0.5) is 5.69 Å². The van der Waals surface area contributed by atoms with Gasteiger partial charge in [-0.25, -0.2) is 0 Å². The Bertz CT molecular complexity index is 983. The predicted octanol–water partition coefficient (Wildman–Crippen LogP) is 4.65. The van der Waals surface area contributed by atoms with Crippen molar-refractivity contribution in [3.05, 3.63) is 45.9 Å². The lowest BCUT2D eigenvalue weighted by Crippen LogP contribution is -2.36. The molecule has 2 aliphatic rings. The van der Waals surface area contributed by atoms with Gasteiger partial charge in [0.2, 0.25) is 0 Å². The molecule has 0 unspecified atom stereocenters. The standard InChI is InChI=1S/C23H27NO4/c1-13-8-9-17(27-5)20-15(13)7-6-10-24(20)22(26)21-14(2)19-16(25)11-23(3,4)12-18(19)28-21/h8-9H,6-7,10-12H2,1-5H3. The molecular weight excluding hydrogens is 354 g/mol. The fraction of sp³-hybridized carbons (Fsp3) is 0.478. The molecule has 1 aliphatic carbocycles. The summed E-state index contributed by atoms with van der Waals surface area (Å²) in [6.45, 7) is 8.60. The van der Waals surface area contributed by atoms with Crippen LogP contribution in [0, 0.1) is 19.3 Å². The number of ketones is 1. The minimum absolute atomic E-state index is 0.0685. The van der Waals surface area contributed by atoms with E-state index in [0.717, 1.165) is 29.7 Å². The minimum atomic E-state index is -0.192. The summed E-state index contributed by atoms with van der Waals surface area (Å²) in [6.07, 6.45) is 2.95. The molecule has 0 N–H and O–H groups in total. The topological polar surface area (TPSA) is 59.8 Å². The largest absolute Gasteiger partial charge is 0.495 e. The third-order valence-corrected chi connectivity index (χ3v) is 5.99. The molecule has 0 saturated carbocycles. The molecule has 28 heavy (non-hydrogen) atoms. The van der Waals surface area contributed by atoms with Gasteiger partial charge in [-0.2, -0.15) is 0 Å². The van der Waals surface area contributed by atoms with E-state index >= 15 is 0 Å². The number of ether oxygens (including phenoxy) is 1. The van der Waals surface area contributed by atoms with Crippen LogP contribution in [0.25, 0.3) is 0 Å². The van der Waals surface area contributed by atoms with Gasteiger partial charge in [-0.3, -0.25) is 9.59 Å². The maximum absolute atomic E-state index is 13.5. The number of aryl methyl sites for hydroxylation is 1. The highest BCUT2D eigenvalue weighted by Gasteiger charge is 2.39. The average Bonchev–Trinajstić information content (AvgIpc) is 2.96. The summed E-state index contributed by atoms with van der Waals surface area (Å²) in [5, 5.41) is 0. The molecule has 4 rings (SSSR count). The Balaban J connectivity index is 1.80. The number of Topliss-reactive ketones (excluding diaryl/α,β-unsaturated/α-hetero) is 1. The van der Waals surface area contributed by atoms with Gasteiger partial charge in [-0.1, -0.05) is 19.9 Å². The SMILES string of the molecule is COc1ccc(C)c2c1N(C(=O)c1oc3c(c1C)C(=O)CC(C)(C)C3)CCC2. The summed E-state index contributed by atoms with van der Waals surface area (Å²) >= 11 is 0. The van der Waals surface area contributed by atoms with Gasteiger partial charge in [-0.05, 0) is 49.3 Å². The Hall–Kier alpha value is -2.56. The van der Waals surface area contributed by atoms with Crippen molar-refractivity contribution < 1.29 is 18.7 Å². The number of hydrogen-bond acceptors (Lipinski definition) is 4. The van der Waals surface area contributed by atoms with Gasteiger partial charge in [0, 0.05) is 24.9 Å². The molecule has 1 amide bonds. The maximum Gasteiger partial charge on any atom is 0.294 e. The predicted molar refractivity (Wildman–Crippen MR) is 108 cm³/mol. The van der Waals surface area contributed by atoms with Crippen LogP contribution >= 0.6 is 0 Å². The Labute approximate surface area is 165 Å². The van der Waals surface area contributed by atoms with Crippen LogP contribution in [0.15, 0.2) is 16.5 Å². The zero-order chi connectivity index (χ0) is 20.2. The first-order valence-electron chi connectivity index (χ1n) is 9.87. The molecule has 0 atom stereocenters. The molecule has 0 spiro atoms. The van der Waals surface area contributed by atoms with Crippen LogP contribution in [0.2, 0.25) is 0 Å². The third kappa shape index (κ3) is 2.84. The quantitative estimate of drug-likeness (QED) is 0.759. The highest BCUT2D eigenvalue weighted by molar-refractivity contribution is 6.10. The second-order valence-electron chi connectivity index (χ2n) is 8.77. The molecule has 2 aromatic rings. The molecule has 0 fully saturated rings. The van der Waals surface area contributed by atoms with Crippen molar-refractivity contribution >= 4 is 17.4 Å². The summed E-state index contributed by atoms with van der Waals surface area (Å²) < 4.78 is 11.6. The second kappa shape index (κ2) is 6.50. The van der Waals surface area contributed by atoms with Crippen LogP contribution < -0.4 is 9.64 Å². The van der Waals surface area contributed by atoms with Gasteiger partial charge in [0.1, 0.15) is 11.5 Å². The summed E-state index contributed by atoms with van der Waals surface area (Å²) in [7, 11) is 1.62. The lowest BCUT2D eigenvalue weighted by Gasteiger charge is -2.31. The molecule has 1 aliphatic heterocycles. The van der Waals surface area contributed by atoms with Crippen LogP contribution in [0.1, 0.15) is 70.1 Å². The smallest absolute Gasteiger partial charge is 0.294 e. The van der Waals surface area contributed by atoms with Gasteiger partial charge in [-0.15, -0.1) is 0 Å². The van der Waals surface area contributed by atoms with E-state index in [1.165, 1.54) is 0 Å². The van der Waals surface area contributed by atoms with Gasteiger partial charge in [0.05, 0.1) is 18.4 Å². The van der Waals surface area contributed by atoms with Crippen LogP contribution in [0.5, 0.6) is 5.75 Å². The normalized spacial score (nSPS) is 17.9. The molecule has 148 valence electrons. The van der Waals surface area contributed by atoms with Crippen LogP contribution in [0.3, 0.4) is 0 Å². The summed E-state index contributed by atoms with van der Waals surface area (Å²) in [5.74, 6) is 1.50. The summed E-state index contributed by atoms with van der Waals surface area (Å²) in [5.41, 5.74) is 4.26. The van der Waals surface area contributed by atoms with E-state index in [1.807, 2.05) is 19.1 Å². The molecule has 0 radical (unpaired) electrons. The molecular formula is C23H27NO4. The van der Waals surface area contributed by atoms with Gasteiger partial charge < -0.3 is 14.1 Å². The number of furan rings is 1. The molecule has 2 heterocycles. The number of anilines is 1. The lowest BCUT2D eigenvalue weighted by atomic mass is 9.76. The zero-order valence-corrected chi connectivity index (χ0v) is 17.3. The third-order valence-electron chi connectivity index (χ3n) is 5.99. The highest BCUT2D eigenvalue weighted by atomic mass is 16.5. The van der Waals surface area contributed by atoms with Crippen molar-refractivity contribution in [2.24, 2.45) is 5.41 Å². The van der Waals surface area contributed by atoms with Crippen molar-refractivity contribution in [3.8, 4) is 5.75 Å². The maximum atomic E-state index is 13.5. The Kier molecular flexibility index (Phi) is 4.36. The second-order valence-corrected chi connectivity index (χ2v) is 8.77. The molecule has 0 bridgehead atoms. The van der Waals surface area contributed by atoms with Crippen molar-refractivity contribution in [1.82, 2.24) is 0 Å². The van der Waals surface area contributed by atoms with Crippen molar-refractivity contribution in [2.75, 3.05) is 18.6 Å². The van der Waals surface area contributed by atoms with Gasteiger partial charge in [0.25, 0.3) is 5.91 Å². The van der Waals surface area contributed by atoms with Crippen molar-refractivity contribution in [1.29, 1.82) is 0 Å². The fourth-order valence-electron chi connectivity index (χ4n) is 4.63. The number of carbonyl (C=O) groups excluding carboxylic acids is 2. The molecule has 5 heteroatoms. The number of rotatable bonds is 2. The Morgan fingerprint density at radius 3 is 2.68 bits per heavy atom. The molecule has 1 aromatic carbocycles. The van der Waals surface area contributed by atoms with Gasteiger partial charge >= 0.3 is 0 Å². The number of carbonyl (C=O) groups is 2. The summed E-state index contributed by atoms with van der Waals surface area (Å²) in [4.78, 5) is 27.9. The van der Waals surface area contributed by atoms with E-state index in [9.17, 15) is 9.59 Å². The van der Waals surface area contributed by atoms with Crippen molar-refractivity contribution in [2.45, 2.75) is 53.4 Å². The van der Waals surface area contributed by atoms with E-state index < -0.39 is 0 Å². The molecule has 0 saturated heterocycles. The van der Waals surface area contributed by atoms with E-state index in [4.69, 9.17) is 9.15 Å². The van der Waals surface area contributed by atoms with E-state index in [2.05, 4.69) is 20.8 Å². The number of benzene rings is 1. The summed E-state index contributed by atoms with van der Waals surface area (Å²) in [6, 6.07) is 3.94. The Morgan fingerprint density at radius 1 is 1.21 bits per heavy atom. The number of methoxy groups -OCH3 is 1. The number of hydrogen-bond donors (Lipinski definition) is 0. The number of amides is 1. The first kappa shape index (κ1) is 18.8. The first-order chi connectivity index (χ1) is 13.2. The number of fused-ring (bicyclic) bond motifs is 2. The van der Waals surface area contributed by atoms with Crippen LogP contribution in [-0.2, 0) is 12.8 Å². The van der Waals surface area contributed by atoms with Crippen LogP contribution in [-0.4, -0.2) is 25.3 Å². The number of nitrogens with zero attached hydrogens (tertiary/aromatic N) is 1. The van der Waals surface area contributed by atoms with Gasteiger partial charge in [0.15, 0.2) is 11.5 Å². The highest BCUT2D eigenvalue weighted by Crippen LogP contribution is 2.42. The lowest BCUT2D eigenvalue weighted by molar-refractivity contribution is 0.0895. The first-order valence-corrected chi connectivity index (χ1v) is 9.87. The van der Waals surface area contributed by atoms with E-state index in [0.29, 0.717) is 42.0 Å². The minimum Gasteiger partial charge on any atom is -0.495 e. The molecule has 5 nitrogen and oxygen atoms in total. The van der Waals surface area contributed by atoms with E-state index in [1.54, 1.807) is 12.0 Å². The zero-order valence-electron chi connectivity index (χ0n) is 17.3. The van der Waals surface area contributed by atoms with E-state index in [-0.39, 0.29) is 22.9 Å². The monoisotopic (exact) mass is 381 g/mol. The molecule has 1 aromatic heterocycles. The van der Waals surface area contributed by atoms with Crippen molar-refractivity contribution in [3.63, 3.8) is 0 Å².